The third-order valence-electron chi connectivity index (χ3n) is 4.48. The normalized spacial score (nSPS) is 21.6. The monoisotopic (exact) mass is 310 g/mol. The van der Waals surface area contributed by atoms with E-state index in [0.717, 1.165) is 42.3 Å². The van der Waals surface area contributed by atoms with Crippen molar-refractivity contribution in [3.05, 3.63) is 48.2 Å². The van der Waals surface area contributed by atoms with E-state index >= 15 is 0 Å². The van der Waals surface area contributed by atoms with Gasteiger partial charge in [0, 0.05) is 24.1 Å². The molecule has 2 N–H and O–H groups in total. The molecule has 0 bridgehead atoms. The maximum absolute atomic E-state index is 12.0. The highest BCUT2D eigenvalue weighted by Crippen LogP contribution is 2.23. The fraction of sp³-hybridized carbons (Fsp3) is 0.368. The van der Waals surface area contributed by atoms with Gasteiger partial charge in [0.2, 0.25) is 5.91 Å². The molecule has 0 saturated heterocycles. The van der Waals surface area contributed by atoms with Crippen LogP contribution < -0.4 is 5.32 Å². The summed E-state index contributed by atoms with van der Waals surface area (Å²) in [6.07, 6.45) is 7.16. The van der Waals surface area contributed by atoms with Crippen LogP contribution in [0, 0.1) is 5.92 Å². The third kappa shape index (κ3) is 4.17. The number of carbonyl (C=O) groups excluding carboxylic acids is 1. The standard InChI is InChI=1S/C19H22N2O2/c22-13-14-5-8-17(9-6-14)21-19(23)12-11-16-10-7-15-3-1-2-4-18(15)20-16/h1-4,7,10-12,14,17,22H,5-6,8-9,13H2,(H,21,23)/b12-11+. The summed E-state index contributed by atoms with van der Waals surface area (Å²) in [5, 5.41) is 13.3. The molecule has 1 saturated carbocycles. The lowest BCUT2D eigenvalue weighted by Gasteiger charge is -2.27. The van der Waals surface area contributed by atoms with Crippen molar-refractivity contribution in [3.8, 4) is 0 Å². The zero-order valence-corrected chi connectivity index (χ0v) is 13.1. The lowest BCUT2D eigenvalue weighted by Crippen LogP contribution is -2.37. The molecule has 4 nitrogen and oxygen atoms in total. The number of benzene rings is 1. The van der Waals surface area contributed by atoms with Gasteiger partial charge in [0.25, 0.3) is 0 Å². The van der Waals surface area contributed by atoms with E-state index in [2.05, 4.69) is 10.3 Å². The molecular weight excluding hydrogens is 288 g/mol. The minimum Gasteiger partial charge on any atom is -0.396 e. The number of hydrogen-bond acceptors (Lipinski definition) is 3. The van der Waals surface area contributed by atoms with E-state index in [9.17, 15) is 4.79 Å². The summed E-state index contributed by atoms with van der Waals surface area (Å²) in [7, 11) is 0. The lowest BCUT2D eigenvalue weighted by molar-refractivity contribution is -0.117. The van der Waals surface area contributed by atoms with E-state index in [4.69, 9.17) is 5.11 Å². The van der Waals surface area contributed by atoms with Crippen LogP contribution in [0.1, 0.15) is 31.4 Å². The highest BCUT2D eigenvalue weighted by Gasteiger charge is 2.21. The Labute approximate surface area is 136 Å². The molecule has 0 radical (unpaired) electrons. The van der Waals surface area contributed by atoms with Gasteiger partial charge in [-0.3, -0.25) is 4.79 Å². The first kappa shape index (κ1) is 15.7. The molecule has 2 aromatic rings. The quantitative estimate of drug-likeness (QED) is 0.854. The summed E-state index contributed by atoms with van der Waals surface area (Å²) >= 11 is 0. The lowest BCUT2D eigenvalue weighted by atomic mass is 9.86. The number of aromatic nitrogens is 1. The fourth-order valence-corrected chi connectivity index (χ4v) is 3.07. The summed E-state index contributed by atoms with van der Waals surface area (Å²) in [4.78, 5) is 16.5. The van der Waals surface area contributed by atoms with E-state index in [0.29, 0.717) is 5.92 Å². The summed E-state index contributed by atoms with van der Waals surface area (Å²) in [6, 6.07) is 12.1. The molecule has 0 aliphatic heterocycles. The summed E-state index contributed by atoms with van der Waals surface area (Å²) in [5.74, 6) is 0.327. The van der Waals surface area contributed by atoms with E-state index in [1.165, 1.54) is 0 Å². The van der Waals surface area contributed by atoms with Crippen LogP contribution in [0.5, 0.6) is 0 Å². The molecule has 0 unspecified atom stereocenters. The minimum absolute atomic E-state index is 0.0765. The molecule has 120 valence electrons. The van der Waals surface area contributed by atoms with Gasteiger partial charge in [0.05, 0.1) is 11.2 Å². The van der Waals surface area contributed by atoms with Crippen LogP contribution >= 0.6 is 0 Å². The topological polar surface area (TPSA) is 62.2 Å². The molecule has 1 heterocycles. The molecule has 0 atom stereocenters. The fourth-order valence-electron chi connectivity index (χ4n) is 3.07. The van der Waals surface area contributed by atoms with Crippen LogP contribution in [0.15, 0.2) is 42.5 Å². The van der Waals surface area contributed by atoms with Crippen molar-refractivity contribution >= 4 is 22.9 Å². The van der Waals surface area contributed by atoms with Gasteiger partial charge in [-0.15, -0.1) is 0 Å². The zero-order valence-electron chi connectivity index (χ0n) is 13.1. The summed E-state index contributed by atoms with van der Waals surface area (Å²) < 4.78 is 0. The third-order valence-corrected chi connectivity index (χ3v) is 4.48. The Balaban J connectivity index is 1.57. The van der Waals surface area contributed by atoms with Crippen molar-refractivity contribution in [1.29, 1.82) is 0 Å². The van der Waals surface area contributed by atoms with Crippen molar-refractivity contribution < 1.29 is 9.90 Å². The average molecular weight is 310 g/mol. The SMILES string of the molecule is O=C(/C=C/c1ccc2ccccc2n1)NC1CCC(CO)CC1. The van der Waals surface area contributed by atoms with Gasteiger partial charge in [0.1, 0.15) is 0 Å². The second-order valence-corrected chi connectivity index (χ2v) is 6.17. The van der Waals surface area contributed by atoms with Gasteiger partial charge >= 0.3 is 0 Å². The molecule has 3 rings (SSSR count). The van der Waals surface area contributed by atoms with Gasteiger partial charge in [-0.2, -0.15) is 0 Å². The molecule has 1 aromatic heterocycles. The molecule has 1 aliphatic carbocycles. The molecule has 1 aliphatic rings. The number of fused-ring (bicyclic) bond motifs is 1. The van der Waals surface area contributed by atoms with Crippen LogP contribution in [-0.2, 0) is 4.79 Å². The Hall–Kier alpha value is -2.20. The number of carbonyl (C=O) groups is 1. The second kappa shape index (κ2) is 7.38. The number of amides is 1. The molecule has 1 aromatic carbocycles. The smallest absolute Gasteiger partial charge is 0.244 e. The van der Waals surface area contributed by atoms with Crippen molar-refractivity contribution in [2.75, 3.05) is 6.61 Å². The summed E-state index contributed by atoms with van der Waals surface area (Å²) in [6.45, 7) is 0.258. The van der Waals surface area contributed by atoms with Gasteiger partial charge < -0.3 is 10.4 Å². The summed E-state index contributed by atoms with van der Waals surface area (Å²) in [5.41, 5.74) is 1.71. The van der Waals surface area contributed by atoms with Crippen LogP contribution in [-0.4, -0.2) is 28.6 Å². The second-order valence-electron chi connectivity index (χ2n) is 6.17. The number of aliphatic hydroxyl groups is 1. The van der Waals surface area contributed by atoms with Crippen LogP contribution in [0.25, 0.3) is 17.0 Å². The Bertz CT molecular complexity index is 703. The molecule has 1 fully saturated rings. The number of hydrogen-bond donors (Lipinski definition) is 2. The maximum atomic E-state index is 12.0. The van der Waals surface area contributed by atoms with E-state index in [1.807, 2.05) is 36.4 Å². The first-order valence-corrected chi connectivity index (χ1v) is 8.20. The van der Waals surface area contributed by atoms with Crippen molar-refractivity contribution in [2.24, 2.45) is 5.92 Å². The molecule has 23 heavy (non-hydrogen) atoms. The van der Waals surface area contributed by atoms with Crippen LogP contribution in [0.2, 0.25) is 0 Å². The van der Waals surface area contributed by atoms with Crippen LogP contribution in [0.4, 0.5) is 0 Å². The average Bonchev–Trinajstić information content (AvgIpc) is 2.60. The minimum atomic E-state index is -0.0765. The molecular formula is C19H22N2O2. The van der Waals surface area contributed by atoms with E-state index in [1.54, 1.807) is 12.2 Å². The number of pyridine rings is 1. The first-order chi connectivity index (χ1) is 11.2. The number of para-hydroxylation sites is 1. The number of nitrogens with one attached hydrogen (secondary N) is 1. The first-order valence-electron chi connectivity index (χ1n) is 8.20. The van der Waals surface area contributed by atoms with E-state index in [-0.39, 0.29) is 18.6 Å². The van der Waals surface area contributed by atoms with Crippen molar-refractivity contribution in [1.82, 2.24) is 10.3 Å². The predicted molar refractivity (Wildman–Crippen MR) is 91.8 cm³/mol. The van der Waals surface area contributed by atoms with E-state index < -0.39 is 0 Å². The Morgan fingerprint density at radius 3 is 2.74 bits per heavy atom. The van der Waals surface area contributed by atoms with Gasteiger partial charge in [-0.25, -0.2) is 4.98 Å². The maximum Gasteiger partial charge on any atom is 0.244 e. The molecule has 4 heteroatoms. The highest BCUT2D eigenvalue weighted by atomic mass is 16.3. The van der Waals surface area contributed by atoms with Crippen molar-refractivity contribution in [2.45, 2.75) is 31.7 Å². The number of nitrogens with zero attached hydrogens (tertiary/aromatic N) is 1. The Morgan fingerprint density at radius 2 is 1.96 bits per heavy atom. The molecule has 0 spiro atoms. The largest absolute Gasteiger partial charge is 0.396 e. The van der Waals surface area contributed by atoms with Gasteiger partial charge in [-0.05, 0) is 49.8 Å². The number of aliphatic hydroxyl groups excluding tert-OH is 1. The Kier molecular flexibility index (Phi) is 5.03. The zero-order chi connectivity index (χ0) is 16.1. The van der Waals surface area contributed by atoms with Crippen LogP contribution in [0.3, 0.4) is 0 Å². The Morgan fingerprint density at radius 1 is 1.17 bits per heavy atom. The molecule has 1 amide bonds. The van der Waals surface area contributed by atoms with Gasteiger partial charge in [-0.1, -0.05) is 24.3 Å². The van der Waals surface area contributed by atoms with Gasteiger partial charge in [0.15, 0.2) is 0 Å². The van der Waals surface area contributed by atoms with Crippen molar-refractivity contribution in [3.63, 3.8) is 0 Å². The number of rotatable bonds is 4. The predicted octanol–water partition coefficient (Wildman–Crippen LogP) is 2.92. The highest BCUT2D eigenvalue weighted by molar-refractivity contribution is 5.92.